The summed E-state index contributed by atoms with van der Waals surface area (Å²) in [5.41, 5.74) is 0. The number of hydrogen-bond donors (Lipinski definition) is 1. The van der Waals surface area contributed by atoms with Crippen LogP contribution in [0.15, 0.2) is 0 Å². The number of ether oxygens (including phenoxy) is 1. The van der Waals surface area contributed by atoms with E-state index in [1.54, 1.807) is 0 Å². The van der Waals surface area contributed by atoms with Gasteiger partial charge in [0.25, 0.3) is 0 Å². The first-order valence-corrected chi connectivity index (χ1v) is 8.47. The molecule has 0 aromatic heterocycles. The van der Waals surface area contributed by atoms with Gasteiger partial charge in [0.1, 0.15) is 0 Å². The van der Waals surface area contributed by atoms with Crippen LogP contribution in [0.4, 0.5) is 0 Å². The van der Waals surface area contributed by atoms with Crippen LogP contribution in [0.2, 0.25) is 0 Å². The van der Waals surface area contributed by atoms with Gasteiger partial charge in [0.05, 0.1) is 12.7 Å². The third-order valence-corrected chi connectivity index (χ3v) is 4.83. The van der Waals surface area contributed by atoms with Crippen molar-refractivity contribution in [1.29, 1.82) is 0 Å². The number of carbonyl (C=O) groups is 2. The molecule has 3 aliphatic rings. The average Bonchev–Trinajstić information content (AvgIpc) is 3.30. The Bertz CT molecular complexity index is 425. The summed E-state index contributed by atoms with van der Waals surface area (Å²) in [4.78, 5) is 28.3. The minimum Gasteiger partial charge on any atom is -0.373 e. The smallest absolute Gasteiger partial charge is 0.226 e. The Hall–Kier alpha value is -1.14. The van der Waals surface area contributed by atoms with Gasteiger partial charge < -0.3 is 19.9 Å². The molecule has 2 aliphatic heterocycles. The van der Waals surface area contributed by atoms with Crippen molar-refractivity contribution >= 4 is 11.8 Å². The zero-order valence-electron chi connectivity index (χ0n) is 13.4. The molecule has 6 nitrogen and oxygen atoms in total. The lowest BCUT2D eigenvalue weighted by molar-refractivity contribution is -0.146. The van der Waals surface area contributed by atoms with Crippen molar-refractivity contribution in [3.05, 3.63) is 0 Å². The fourth-order valence-corrected chi connectivity index (χ4v) is 3.45. The van der Waals surface area contributed by atoms with E-state index in [2.05, 4.69) is 17.3 Å². The molecule has 1 saturated carbocycles. The van der Waals surface area contributed by atoms with Crippen molar-refractivity contribution < 1.29 is 14.3 Å². The van der Waals surface area contributed by atoms with Crippen LogP contribution in [0.25, 0.3) is 0 Å². The Morgan fingerprint density at radius 2 is 2.18 bits per heavy atom. The van der Waals surface area contributed by atoms with Gasteiger partial charge >= 0.3 is 0 Å². The van der Waals surface area contributed by atoms with Gasteiger partial charge in [-0.2, -0.15) is 0 Å². The second-order valence-electron chi connectivity index (χ2n) is 6.98. The minimum atomic E-state index is -0.142. The Morgan fingerprint density at radius 3 is 2.91 bits per heavy atom. The van der Waals surface area contributed by atoms with Crippen LogP contribution < -0.4 is 5.32 Å². The number of rotatable bonds is 5. The topological polar surface area (TPSA) is 61.9 Å². The van der Waals surface area contributed by atoms with Gasteiger partial charge in [-0.25, -0.2) is 0 Å². The molecule has 1 aliphatic carbocycles. The molecule has 1 N–H and O–H groups in total. The molecule has 0 bridgehead atoms. The first-order valence-electron chi connectivity index (χ1n) is 8.47. The zero-order chi connectivity index (χ0) is 15.5. The summed E-state index contributed by atoms with van der Waals surface area (Å²) >= 11 is 0. The molecule has 2 saturated heterocycles. The molecule has 0 spiro atoms. The van der Waals surface area contributed by atoms with E-state index in [1.807, 2.05) is 4.90 Å². The maximum absolute atomic E-state index is 12.6. The standard InChI is InChI=1S/C16H27N3O3/c1-18(9-12-2-3-12)10-14-11-19(6-7-22-14)16(21)13-4-5-17-15(20)8-13/h12-14H,2-11H2,1H3,(H,17,20)/t13-,14+/m0/s1. The van der Waals surface area contributed by atoms with E-state index in [1.165, 1.54) is 12.8 Å². The molecule has 0 aromatic carbocycles. The van der Waals surface area contributed by atoms with Crippen LogP contribution in [0.5, 0.6) is 0 Å². The summed E-state index contributed by atoms with van der Waals surface area (Å²) < 4.78 is 5.82. The van der Waals surface area contributed by atoms with Gasteiger partial charge in [-0.3, -0.25) is 9.59 Å². The number of hydrogen-bond acceptors (Lipinski definition) is 4. The van der Waals surface area contributed by atoms with E-state index in [9.17, 15) is 9.59 Å². The molecule has 0 radical (unpaired) electrons. The second kappa shape index (κ2) is 6.96. The molecular formula is C16H27N3O3. The highest BCUT2D eigenvalue weighted by molar-refractivity contribution is 5.87. The second-order valence-corrected chi connectivity index (χ2v) is 6.98. The third-order valence-electron chi connectivity index (χ3n) is 4.83. The summed E-state index contributed by atoms with van der Waals surface area (Å²) in [6, 6.07) is 0. The fraction of sp³-hybridized carbons (Fsp3) is 0.875. The normalized spacial score (nSPS) is 29.5. The maximum atomic E-state index is 12.6. The molecule has 22 heavy (non-hydrogen) atoms. The number of piperidine rings is 1. The van der Waals surface area contributed by atoms with E-state index in [0.29, 0.717) is 32.7 Å². The van der Waals surface area contributed by atoms with E-state index in [-0.39, 0.29) is 23.8 Å². The van der Waals surface area contributed by atoms with E-state index in [0.717, 1.165) is 25.4 Å². The number of morpholine rings is 1. The largest absolute Gasteiger partial charge is 0.373 e. The van der Waals surface area contributed by atoms with Crippen LogP contribution >= 0.6 is 0 Å². The number of amides is 2. The highest BCUT2D eigenvalue weighted by Gasteiger charge is 2.33. The fourth-order valence-electron chi connectivity index (χ4n) is 3.45. The van der Waals surface area contributed by atoms with E-state index < -0.39 is 0 Å². The third kappa shape index (κ3) is 4.20. The summed E-state index contributed by atoms with van der Waals surface area (Å²) in [5, 5.41) is 2.79. The summed E-state index contributed by atoms with van der Waals surface area (Å²) in [5.74, 6) is 0.857. The average molecular weight is 309 g/mol. The van der Waals surface area contributed by atoms with Crippen molar-refractivity contribution in [3.8, 4) is 0 Å². The van der Waals surface area contributed by atoms with Gasteiger partial charge in [0.15, 0.2) is 0 Å². The first kappa shape index (κ1) is 15.7. The summed E-state index contributed by atoms with van der Waals surface area (Å²) in [6.07, 6.45) is 3.89. The Morgan fingerprint density at radius 1 is 1.36 bits per heavy atom. The monoisotopic (exact) mass is 309 g/mol. The quantitative estimate of drug-likeness (QED) is 0.781. The molecule has 124 valence electrons. The highest BCUT2D eigenvalue weighted by atomic mass is 16.5. The van der Waals surface area contributed by atoms with Crippen LogP contribution in [0, 0.1) is 11.8 Å². The molecule has 0 unspecified atom stereocenters. The molecule has 2 heterocycles. The van der Waals surface area contributed by atoms with Crippen molar-refractivity contribution in [2.75, 3.05) is 46.4 Å². The summed E-state index contributed by atoms with van der Waals surface area (Å²) in [7, 11) is 2.13. The number of nitrogens with zero attached hydrogens (tertiary/aromatic N) is 2. The van der Waals surface area contributed by atoms with E-state index >= 15 is 0 Å². The Labute approximate surface area is 132 Å². The molecule has 2 atom stereocenters. The lowest BCUT2D eigenvalue weighted by Crippen LogP contribution is -2.52. The lowest BCUT2D eigenvalue weighted by Gasteiger charge is -2.37. The van der Waals surface area contributed by atoms with Crippen LogP contribution in [-0.2, 0) is 14.3 Å². The molecule has 0 aromatic rings. The maximum Gasteiger partial charge on any atom is 0.226 e. The summed E-state index contributed by atoms with van der Waals surface area (Å²) in [6.45, 7) is 4.55. The Kier molecular flexibility index (Phi) is 4.98. The van der Waals surface area contributed by atoms with Crippen molar-refractivity contribution in [2.24, 2.45) is 11.8 Å². The van der Waals surface area contributed by atoms with Gasteiger partial charge in [-0.1, -0.05) is 0 Å². The highest BCUT2D eigenvalue weighted by Crippen LogP contribution is 2.29. The van der Waals surface area contributed by atoms with Gasteiger partial charge in [0, 0.05) is 45.1 Å². The predicted molar refractivity (Wildman–Crippen MR) is 82.3 cm³/mol. The number of nitrogens with one attached hydrogen (secondary N) is 1. The minimum absolute atomic E-state index is 0.00132. The number of likely N-dealkylation sites (N-methyl/N-ethyl adjacent to an activating group) is 1. The Balaban J connectivity index is 1.48. The van der Waals surface area contributed by atoms with Gasteiger partial charge in [-0.05, 0) is 32.2 Å². The molecule has 6 heteroatoms. The van der Waals surface area contributed by atoms with Gasteiger partial charge in [-0.15, -0.1) is 0 Å². The first-order chi connectivity index (χ1) is 10.6. The predicted octanol–water partition coefficient (Wildman–Crippen LogP) is 0.0818. The number of carbonyl (C=O) groups excluding carboxylic acids is 2. The van der Waals surface area contributed by atoms with Gasteiger partial charge in [0.2, 0.25) is 11.8 Å². The SMILES string of the molecule is CN(CC1CC1)C[C@@H]1CN(C(=O)[C@H]2CCNC(=O)C2)CCO1. The zero-order valence-corrected chi connectivity index (χ0v) is 13.4. The van der Waals surface area contributed by atoms with Crippen molar-refractivity contribution in [2.45, 2.75) is 31.8 Å². The molecular weight excluding hydrogens is 282 g/mol. The van der Waals surface area contributed by atoms with E-state index in [4.69, 9.17) is 4.74 Å². The molecule has 2 amide bonds. The van der Waals surface area contributed by atoms with Crippen LogP contribution in [0.3, 0.4) is 0 Å². The van der Waals surface area contributed by atoms with Crippen LogP contribution in [0.1, 0.15) is 25.7 Å². The van der Waals surface area contributed by atoms with Crippen molar-refractivity contribution in [3.63, 3.8) is 0 Å². The lowest BCUT2D eigenvalue weighted by atomic mass is 9.95. The van der Waals surface area contributed by atoms with Crippen LogP contribution in [-0.4, -0.2) is 74.1 Å². The molecule has 3 fully saturated rings. The van der Waals surface area contributed by atoms with Crippen molar-refractivity contribution in [1.82, 2.24) is 15.1 Å². The molecule has 3 rings (SSSR count).